The smallest absolute Gasteiger partial charge is 0.328 e. The number of nitriles is 1. The molecule has 0 spiro atoms. The summed E-state index contributed by atoms with van der Waals surface area (Å²) in [5.74, 6) is 0.521. The summed E-state index contributed by atoms with van der Waals surface area (Å²) in [5, 5.41) is 12.9. The van der Waals surface area contributed by atoms with Gasteiger partial charge in [0.2, 0.25) is 5.91 Å². The van der Waals surface area contributed by atoms with Crippen molar-refractivity contribution >= 4 is 5.91 Å². The van der Waals surface area contributed by atoms with Gasteiger partial charge in [-0.1, -0.05) is 6.42 Å². The van der Waals surface area contributed by atoms with E-state index in [1.165, 1.54) is 9.58 Å². The minimum absolute atomic E-state index is 0.0393. The van der Waals surface area contributed by atoms with Gasteiger partial charge >= 0.3 is 5.69 Å². The highest BCUT2D eigenvalue weighted by molar-refractivity contribution is 5.76. The van der Waals surface area contributed by atoms with Crippen molar-refractivity contribution in [2.45, 2.75) is 45.7 Å². The number of carbonyl (C=O) groups is 1. The standard InChI is InChI=1S/C13H19N5O2/c1-2-16(9-7-14)12(19)10-18-13(20)17-8-5-3-4-6-11(17)15-18/h2-6,8-10H2,1H3. The topological polar surface area (TPSA) is 83.9 Å². The molecule has 2 rings (SSSR count). The first-order chi connectivity index (χ1) is 9.67. The zero-order chi connectivity index (χ0) is 14.5. The van der Waals surface area contributed by atoms with E-state index in [1.54, 1.807) is 11.5 Å². The first-order valence-corrected chi connectivity index (χ1v) is 6.98. The Bertz CT molecular complexity index is 581. The predicted octanol–water partition coefficient (Wildman–Crippen LogP) is 0.143. The fraction of sp³-hybridized carbons (Fsp3) is 0.692. The third-order valence-corrected chi connectivity index (χ3v) is 3.56. The molecule has 0 saturated heterocycles. The highest BCUT2D eigenvalue weighted by Gasteiger charge is 2.19. The Hall–Kier alpha value is -2.10. The first-order valence-electron chi connectivity index (χ1n) is 6.98. The number of amides is 1. The number of nitrogens with zero attached hydrogens (tertiary/aromatic N) is 5. The van der Waals surface area contributed by atoms with Gasteiger partial charge in [0.1, 0.15) is 18.9 Å². The molecule has 0 fully saturated rings. The van der Waals surface area contributed by atoms with Crippen LogP contribution in [0.2, 0.25) is 0 Å². The van der Waals surface area contributed by atoms with E-state index in [0.717, 1.165) is 31.5 Å². The minimum Gasteiger partial charge on any atom is -0.328 e. The Labute approximate surface area is 117 Å². The van der Waals surface area contributed by atoms with Crippen LogP contribution >= 0.6 is 0 Å². The van der Waals surface area contributed by atoms with Crippen molar-refractivity contribution in [3.05, 3.63) is 16.3 Å². The Balaban J connectivity index is 2.16. The highest BCUT2D eigenvalue weighted by atomic mass is 16.2. The molecule has 1 amide bonds. The van der Waals surface area contributed by atoms with Crippen molar-refractivity contribution in [3.63, 3.8) is 0 Å². The predicted molar refractivity (Wildman–Crippen MR) is 71.9 cm³/mol. The van der Waals surface area contributed by atoms with Crippen LogP contribution in [0.5, 0.6) is 0 Å². The van der Waals surface area contributed by atoms with E-state index in [9.17, 15) is 9.59 Å². The van der Waals surface area contributed by atoms with Crippen LogP contribution in [0.3, 0.4) is 0 Å². The van der Waals surface area contributed by atoms with Gasteiger partial charge in [0.05, 0.1) is 6.07 Å². The average molecular weight is 277 g/mol. The fourth-order valence-corrected chi connectivity index (χ4v) is 2.42. The van der Waals surface area contributed by atoms with E-state index in [1.807, 2.05) is 6.07 Å². The third-order valence-electron chi connectivity index (χ3n) is 3.56. The van der Waals surface area contributed by atoms with E-state index < -0.39 is 0 Å². The molecule has 7 heteroatoms. The summed E-state index contributed by atoms with van der Waals surface area (Å²) in [4.78, 5) is 25.6. The van der Waals surface area contributed by atoms with Gasteiger partial charge in [0, 0.05) is 19.5 Å². The molecule has 108 valence electrons. The Morgan fingerprint density at radius 2 is 2.25 bits per heavy atom. The zero-order valence-corrected chi connectivity index (χ0v) is 11.7. The van der Waals surface area contributed by atoms with Crippen LogP contribution in [-0.2, 0) is 24.3 Å². The van der Waals surface area contributed by atoms with Crippen LogP contribution in [0.4, 0.5) is 0 Å². The largest absolute Gasteiger partial charge is 0.346 e. The summed E-state index contributed by atoms with van der Waals surface area (Å²) in [6.45, 7) is 2.89. The van der Waals surface area contributed by atoms with Gasteiger partial charge in [-0.3, -0.25) is 9.36 Å². The Morgan fingerprint density at radius 3 is 2.95 bits per heavy atom. The van der Waals surface area contributed by atoms with Crippen molar-refractivity contribution in [2.75, 3.05) is 13.1 Å². The molecule has 0 N–H and O–H groups in total. The summed E-state index contributed by atoms with van der Waals surface area (Å²) in [6.07, 6.45) is 3.89. The second-order valence-corrected chi connectivity index (χ2v) is 4.88. The van der Waals surface area contributed by atoms with Crippen LogP contribution in [0.1, 0.15) is 32.0 Å². The van der Waals surface area contributed by atoms with Gasteiger partial charge in [-0.25, -0.2) is 9.48 Å². The van der Waals surface area contributed by atoms with E-state index in [0.29, 0.717) is 13.1 Å². The van der Waals surface area contributed by atoms with Crippen LogP contribution in [0.15, 0.2) is 4.79 Å². The molecule has 0 radical (unpaired) electrons. The summed E-state index contributed by atoms with van der Waals surface area (Å²) in [7, 11) is 0. The maximum absolute atomic E-state index is 12.2. The van der Waals surface area contributed by atoms with Gasteiger partial charge in [-0.15, -0.1) is 0 Å². The maximum atomic E-state index is 12.2. The molecule has 0 aliphatic carbocycles. The van der Waals surface area contributed by atoms with E-state index in [-0.39, 0.29) is 24.7 Å². The normalized spacial score (nSPS) is 14.2. The number of aryl methyl sites for hydroxylation is 1. The molecule has 0 saturated carbocycles. The third kappa shape index (κ3) is 2.90. The molecule has 1 aliphatic heterocycles. The highest BCUT2D eigenvalue weighted by Crippen LogP contribution is 2.10. The van der Waals surface area contributed by atoms with Crippen LogP contribution < -0.4 is 5.69 Å². The molecule has 7 nitrogen and oxygen atoms in total. The number of hydrogen-bond donors (Lipinski definition) is 0. The molecule has 0 aromatic carbocycles. The summed E-state index contributed by atoms with van der Waals surface area (Å²) < 4.78 is 2.89. The number of carbonyl (C=O) groups excluding carboxylic acids is 1. The lowest BCUT2D eigenvalue weighted by Gasteiger charge is -2.16. The number of aromatic nitrogens is 3. The molecule has 1 aromatic heterocycles. The molecular weight excluding hydrogens is 258 g/mol. The quantitative estimate of drug-likeness (QED) is 0.733. The molecule has 1 aliphatic rings. The van der Waals surface area contributed by atoms with Gasteiger partial charge in [0.15, 0.2) is 0 Å². The molecule has 1 aromatic rings. The van der Waals surface area contributed by atoms with Crippen molar-refractivity contribution in [1.82, 2.24) is 19.2 Å². The van der Waals surface area contributed by atoms with E-state index >= 15 is 0 Å². The zero-order valence-electron chi connectivity index (χ0n) is 11.7. The molecule has 0 atom stereocenters. The minimum atomic E-state index is -0.246. The van der Waals surface area contributed by atoms with Crippen LogP contribution in [0.25, 0.3) is 0 Å². The van der Waals surface area contributed by atoms with Gasteiger partial charge in [-0.05, 0) is 19.8 Å². The molecule has 0 unspecified atom stereocenters. The van der Waals surface area contributed by atoms with Crippen molar-refractivity contribution in [3.8, 4) is 6.07 Å². The summed E-state index contributed by atoms with van der Waals surface area (Å²) >= 11 is 0. The maximum Gasteiger partial charge on any atom is 0.346 e. The molecular formula is C13H19N5O2. The molecule has 2 heterocycles. The van der Waals surface area contributed by atoms with E-state index in [2.05, 4.69) is 5.10 Å². The van der Waals surface area contributed by atoms with Crippen molar-refractivity contribution < 1.29 is 4.79 Å². The Kier molecular flexibility index (Phi) is 4.56. The number of likely N-dealkylation sites (N-methyl/N-ethyl adjacent to an activating group) is 1. The Morgan fingerprint density at radius 1 is 1.45 bits per heavy atom. The average Bonchev–Trinajstić information content (AvgIpc) is 2.63. The van der Waals surface area contributed by atoms with E-state index in [4.69, 9.17) is 5.26 Å². The second kappa shape index (κ2) is 6.37. The lowest BCUT2D eigenvalue weighted by Crippen LogP contribution is -2.37. The van der Waals surface area contributed by atoms with Crippen molar-refractivity contribution in [1.29, 1.82) is 5.26 Å². The first kappa shape index (κ1) is 14.3. The molecule has 20 heavy (non-hydrogen) atoms. The lowest BCUT2D eigenvalue weighted by molar-refractivity contribution is -0.131. The SMILES string of the molecule is CCN(CC#N)C(=O)Cn1nc2n(c1=O)CCCCC2. The van der Waals surface area contributed by atoms with Gasteiger partial charge in [-0.2, -0.15) is 10.4 Å². The number of rotatable bonds is 4. The van der Waals surface area contributed by atoms with Crippen LogP contribution in [-0.4, -0.2) is 38.2 Å². The van der Waals surface area contributed by atoms with Crippen molar-refractivity contribution in [2.24, 2.45) is 0 Å². The second-order valence-electron chi connectivity index (χ2n) is 4.88. The molecule has 0 bridgehead atoms. The monoisotopic (exact) mass is 277 g/mol. The fourth-order valence-electron chi connectivity index (χ4n) is 2.42. The van der Waals surface area contributed by atoms with Gasteiger partial charge < -0.3 is 4.90 Å². The summed E-state index contributed by atoms with van der Waals surface area (Å²) in [6, 6.07) is 1.95. The number of fused-ring (bicyclic) bond motifs is 1. The van der Waals surface area contributed by atoms with Gasteiger partial charge in [0.25, 0.3) is 0 Å². The number of hydrogen-bond acceptors (Lipinski definition) is 4. The summed E-state index contributed by atoms with van der Waals surface area (Å²) in [5.41, 5.74) is -0.219. The lowest BCUT2D eigenvalue weighted by atomic mass is 10.2. The van der Waals surface area contributed by atoms with Crippen LogP contribution in [0, 0.1) is 11.3 Å².